The number of anilines is 1. The van der Waals surface area contributed by atoms with Crippen LogP contribution >= 0.6 is 11.6 Å². The molecule has 8 nitrogen and oxygen atoms in total. The van der Waals surface area contributed by atoms with Crippen molar-refractivity contribution in [2.75, 3.05) is 31.5 Å². The van der Waals surface area contributed by atoms with Crippen molar-refractivity contribution in [3.05, 3.63) is 40.9 Å². The molecule has 5 atom stereocenters. The summed E-state index contributed by atoms with van der Waals surface area (Å²) in [6.07, 6.45) is 8.44. The fraction of sp³-hybridized carbons (Fsp3) is 0.621. The normalized spacial score (nSPS) is 30.2. The van der Waals surface area contributed by atoms with Crippen LogP contribution in [0.3, 0.4) is 0 Å². The maximum Gasteiger partial charge on any atom is 0.246 e. The molecule has 1 aromatic carbocycles. The Morgan fingerprint density at radius 2 is 1.89 bits per heavy atom. The number of hydrogen-bond donors (Lipinski definition) is 2. The number of amides is 3. The quantitative estimate of drug-likeness (QED) is 0.466. The van der Waals surface area contributed by atoms with Crippen LogP contribution in [0.25, 0.3) is 0 Å². The zero-order valence-electron chi connectivity index (χ0n) is 22.5. The number of halogens is 1. The third kappa shape index (κ3) is 4.75. The summed E-state index contributed by atoms with van der Waals surface area (Å²) in [5.41, 5.74) is 0.342. The van der Waals surface area contributed by atoms with Gasteiger partial charge in [0.05, 0.1) is 17.9 Å². The summed E-state index contributed by atoms with van der Waals surface area (Å²) in [4.78, 5) is 45.4. The average Bonchev–Trinajstić information content (AvgIpc) is 3.55. The van der Waals surface area contributed by atoms with Crippen molar-refractivity contribution in [3.63, 3.8) is 0 Å². The number of carbonyl (C=O) groups excluding carboxylic acids is 3. The molecule has 5 rings (SSSR count). The largest absolute Gasteiger partial charge is 0.359 e. The standard InChI is InChI=1S/C29H39ClN4O4/c1-4-33(5-2)15-16-34-25(27(36)31-19-9-7-6-8-10-19)29-14-13-22(38-29)23(24(29)28(34)37)26(35)32-20-12-11-18(3)21(30)17-20/h11-14,17,19,22-25H,4-10,15-16H2,1-3H3,(H,31,36)(H,32,35)/t22-,23-,24-,25-,29-/m0/s1. The Bertz CT molecular complexity index is 1120. The zero-order valence-corrected chi connectivity index (χ0v) is 23.3. The van der Waals surface area contributed by atoms with Crippen LogP contribution in [0.15, 0.2) is 30.4 Å². The Morgan fingerprint density at radius 1 is 1.16 bits per heavy atom. The number of ether oxygens (including phenoxy) is 1. The van der Waals surface area contributed by atoms with E-state index in [4.69, 9.17) is 16.3 Å². The Morgan fingerprint density at radius 3 is 2.58 bits per heavy atom. The van der Waals surface area contributed by atoms with E-state index in [-0.39, 0.29) is 23.8 Å². The van der Waals surface area contributed by atoms with Crippen LogP contribution in [-0.2, 0) is 19.1 Å². The second-order valence-electron chi connectivity index (χ2n) is 11.1. The van der Waals surface area contributed by atoms with E-state index in [1.807, 2.05) is 25.1 Å². The first-order valence-electron chi connectivity index (χ1n) is 14.1. The summed E-state index contributed by atoms with van der Waals surface area (Å²) in [5.74, 6) is -2.14. The number of likely N-dealkylation sites (tertiary alicyclic amines) is 1. The van der Waals surface area contributed by atoms with E-state index in [2.05, 4.69) is 29.4 Å². The lowest BCUT2D eigenvalue weighted by Gasteiger charge is -2.34. The highest BCUT2D eigenvalue weighted by molar-refractivity contribution is 6.31. The molecule has 1 saturated carbocycles. The lowest BCUT2D eigenvalue weighted by atomic mass is 9.74. The minimum atomic E-state index is -1.14. The predicted molar refractivity (Wildman–Crippen MR) is 147 cm³/mol. The van der Waals surface area contributed by atoms with Crippen LogP contribution in [0.4, 0.5) is 5.69 Å². The van der Waals surface area contributed by atoms with Gasteiger partial charge in [-0.05, 0) is 50.6 Å². The number of hydrogen-bond acceptors (Lipinski definition) is 5. The first kappa shape index (κ1) is 27.2. The molecule has 3 aliphatic heterocycles. The van der Waals surface area contributed by atoms with Crippen molar-refractivity contribution < 1.29 is 19.1 Å². The molecule has 2 bridgehead atoms. The fourth-order valence-electron chi connectivity index (χ4n) is 6.72. The van der Waals surface area contributed by atoms with E-state index in [9.17, 15) is 14.4 Å². The summed E-state index contributed by atoms with van der Waals surface area (Å²) >= 11 is 6.27. The molecule has 38 heavy (non-hydrogen) atoms. The monoisotopic (exact) mass is 542 g/mol. The van der Waals surface area contributed by atoms with Gasteiger partial charge in [-0.3, -0.25) is 14.4 Å². The molecule has 0 radical (unpaired) electrons. The molecule has 3 fully saturated rings. The lowest BCUT2D eigenvalue weighted by molar-refractivity contribution is -0.141. The third-order valence-corrected chi connectivity index (χ3v) is 9.27. The van der Waals surface area contributed by atoms with Crippen molar-refractivity contribution in [2.45, 2.75) is 76.7 Å². The van der Waals surface area contributed by atoms with Gasteiger partial charge in [-0.25, -0.2) is 0 Å². The van der Waals surface area contributed by atoms with E-state index in [1.54, 1.807) is 17.0 Å². The lowest BCUT2D eigenvalue weighted by Crippen LogP contribution is -2.57. The van der Waals surface area contributed by atoms with Crippen molar-refractivity contribution in [1.29, 1.82) is 0 Å². The molecule has 3 heterocycles. The molecule has 206 valence electrons. The van der Waals surface area contributed by atoms with Crippen LogP contribution in [0.5, 0.6) is 0 Å². The predicted octanol–water partition coefficient (Wildman–Crippen LogP) is 3.53. The van der Waals surface area contributed by atoms with Gasteiger partial charge in [-0.1, -0.05) is 62.9 Å². The van der Waals surface area contributed by atoms with Gasteiger partial charge in [0, 0.05) is 29.8 Å². The van der Waals surface area contributed by atoms with Crippen LogP contribution in [0.2, 0.25) is 5.02 Å². The van der Waals surface area contributed by atoms with Gasteiger partial charge >= 0.3 is 0 Å². The number of carbonyl (C=O) groups is 3. The van der Waals surface area contributed by atoms with Gasteiger partial charge in [-0.15, -0.1) is 0 Å². The SMILES string of the molecule is CCN(CC)CCN1C(=O)[C@@H]2[C@@H](C(=O)Nc3ccc(C)c(Cl)c3)[C@@H]3C=C[C@@]2(O3)[C@@H]1C(=O)NC1CCCCC1. The van der Waals surface area contributed by atoms with Crippen molar-refractivity contribution in [3.8, 4) is 0 Å². The molecule has 2 N–H and O–H groups in total. The molecule has 0 aromatic heterocycles. The Balaban J connectivity index is 1.42. The van der Waals surface area contributed by atoms with E-state index in [1.165, 1.54) is 6.42 Å². The first-order valence-corrected chi connectivity index (χ1v) is 14.4. The van der Waals surface area contributed by atoms with Gasteiger partial charge in [0.25, 0.3) is 0 Å². The van der Waals surface area contributed by atoms with Crippen LogP contribution in [0.1, 0.15) is 51.5 Å². The van der Waals surface area contributed by atoms with Gasteiger partial charge in [-0.2, -0.15) is 0 Å². The maximum atomic E-state index is 14.0. The number of nitrogens with one attached hydrogen (secondary N) is 2. The zero-order chi connectivity index (χ0) is 27.0. The highest BCUT2D eigenvalue weighted by Gasteiger charge is 2.72. The van der Waals surface area contributed by atoms with E-state index in [0.29, 0.717) is 23.8 Å². The Hall–Kier alpha value is -2.42. The summed E-state index contributed by atoms with van der Waals surface area (Å²) in [6.45, 7) is 8.84. The van der Waals surface area contributed by atoms with Gasteiger partial charge in [0.15, 0.2) is 0 Å². The smallest absolute Gasteiger partial charge is 0.246 e. The van der Waals surface area contributed by atoms with E-state index < -0.39 is 29.6 Å². The second kappa shape index (κ2) is 11.0. The Kier molecular flexibility index (Phi) is 7.85. The number of rotatable bonds is 9. The minimum absolute atomic E-state index is 0.111. The summed E-state index contributed by atoms with van der Waals surface area (Å²) in [6, 6.07) is 4.66. The topological polar surface area (TPSA) is 91.0 Å². The molecule has 1 aliphatic carbocycles. The van der Waals surface area contributed by atoms with Gasteiger partial charge in [0.2, 0.25) is 17.7 Å². The second-order valence-corrected chi connectivity index (χ2v) is 11.5. The van der Waals surface area contributed by atoms with Crippen LogP contribution in [0, 0.1) is 18.8 Å². The van der Waals surface area contributed by atoms with Crippen molar-refractivity contribution in [2.24, 2.45) is 11.8 Å². The maximum absolute atomic E-state index is 14.0. The van der Waals surface area contributed by atoms with Crippen LogP contribution in [-0.4, -0.2) is 77.5 Å². The first-order chi connectivity index (χ1) is 18.3. The number of fused-ring (bicyclic) bond motifs is 1. The highest BCUT2D eigenvalue weighted by atomic mass is 35.5. The molecular formula is C29H39ClN4O4. The van der Waals surface area contributed by atoms with E-state index in [0.717, 1.165) is 44.3 Å². The number of benzene rings is 1. The molecular weight excluding hydrogens is 504 g/mol. The number of aryl methyl sites for hydroxylation is 1. The summed E-state index contributed by atoms with van der Waals surface area (Å²) < 4.78 is 6.45. The average molecular weight is 543 g/mol. The molecule has 3 amide bonds. The molecule has 1 aromatic rings. The highest BCUT2D eigenvalue weighted by Crippen LogP contribution is 2.55. The summed E-state index contributed by atoms with van der Waals surface area (Å²) in [7, 11) is 0. The Labute approximate surface area is 230 Å². The van der Waals surface area contributed by atoms with Crippen LogP contribution < -0.4 is 10.6 Å². The fourth-order valence-corrected chi connectivity index (χ4v) is 6.90. The molecule has 9 heteroatoms. The minimum Gasteiger partial charge on any atom is -0.359 e. The molecule has 0 unspecified atom stereocenters. The number of likely N-dealkylation sites (N-methyl/N-ethyl adjacent to an activating group) is 1. The van der Waals surface area contributed by atoms with Gasteiger partial charge in [0.1, 0.15) is 11.6 Å². The molecule has 2 saturated heterocycles. The van der Waals surface area contributed by atoms with Crippen molar-refractivity contribution >= 4 is 35.0 Å². The van der Waals surface area contributed by atoms with E-state index >= 15 is 0 Å². The van der Waals surface area contributed by atoms with Gasteiger partial charge < -0.3 is 25.2 Å². The molecule has 1 spiro atoms. The van der Waals surface area contributed by atoms with Crippen molar-refractivity contribution in [1.82, 2.24) is 15.1 Å². The third-order valence-electron chi connectivity index (χ3n) is 8.87. The summed E-state index contributed by atoms with van der Waals surface area (Å²) in [5, 5.41) is 6.74. The number of nitrogens with zero attached hydrogens (tertiary/aromatic N) is 2. The molecule has 4 aliphatic rings.